The van der Waals surface area contributed by atoms with Gasteiger partial charge in [-0.1, -0.05) is 28.5 Å². The second-order valence-electron chi connectivity index (χ2n) is 7.99. The molecule has 2 heterocycles. The van der Waals surface area contributed by atoms with E-state index in [4.69, 9.17) is 42.1 Å². The van der Waals surface area contributed by atoms with Gasteiger partial charge in [-0.15, -0.1) is 0 Å². The molecule has 0 amide bonds. The van der Waals surface area contributed by atoms with Crippen LogP contribution >= 0.6 is 0 Å². The van der Waals surface area contributed by atoms with E-state index >= 15 is 0 Å². The molecule has 30 heavy (non-hydrogen) atoms. The number of nitrogens with two attached hydrogens (primary N) is 1. The summed E-state index contributed by atoms with van der Waals surface area (Å²) < 4.78 is 0. The number of imidazole rings is 1. The van der Waals surface area contributed by atoms with Crippen molar-refractivity contribution in [1.29, 1.82) is 0 Å². The van der Waals surface area contributed by atoms with Crippen molar-refractivity contribution in [3.05, 3.63) is 35.3 Å². The van der Waals surface area contributed by atoms with E-state index in [1.54, 1.807) is 0 Å². The van der Waals surface area contributed by atoms with Gasteiger partial charge >= 0.3 is 0 Å². The van der Waals surface area contributed by atoms with E-state index in [0.29, 0.717) is 35.1 Å². The maximum atomic E-state index is 6.30. The summed E-state index contributed by atoms with van der Waals surface area (Å²) >= 11 is 0. The largest absolute Gasteiger partial charge is 0.341 e. The van der Waals surface area contributed by atoms with Crippen molar-refractivity contribution in [2.24, 2.45) is 5.73 Å². The van der Waals surface area contributed by atoms with Gasteiger partial charge in [-0.25, -0.2) is 4.98 Å². The predicted molar refractivity (Wildman–Crippen MR) is 126 cm³/mol. The number of aromatic amines is 1. The van der Waals surface area contributed by atoms with E-state index in [0.717, 1.165) is 66.8 Å². The lowest BCUT2D eigenvalue weighted by Crippen LogP contribution is -2.47. The summed E-state index contributed by atoms with van der Waals surface area (Å²) in [6.07, 6.45) is 4.82. The molecule has 8 radical (unpaired) electrons. The number of hydrogen-bond donors (Lipinski definition) is 2. The van der Waals surface area contributed by atoms with E-state index in [9.17, 15) is 0 Å². The molecule has 3 aromatic rings. The number of aromatic nitrogens is 3. The minimum Gasteiger partial charge on any atom is -0.341 e. The smallest absolute Gasteiger partial charge is 0.140 e. The number of pyridine rings is 1. The number of H-pyrrole nitrogens is 1. The lowest BCUT2D eigenvalue weighted by atomic mass is 9.70. The van der Waals surface area contributed by atoms with Crippen molar-refractivity contribution in [2.75, 3.05) is 13.1 Å². The highest BCUT2D eigenvalue weighted by atomic mass is 15.2. The number of benzene rings is 1. The summed E-state index contributed by atoms with van der Waals surface area (Å²) in [5, 5.41) is 0. The average Bonchev–Trinajstić information content (AvgIpc) is 3.15. The van der Waals surface area contributed by atoms with E-state index in [2.05, 4.69) is 14.9 Å². The Morgan fingerprint density at radius 3 is 2.70 bits per heavy atom. The molecule has 0 unspecified atom stereocenters. The Morgan fingerprint density at radius 1 is 1.10 bits per heavy atom. The summed E-state index contributed by atoms with van der Waals surface area (Å²) in [4.78, 5) is 15.2. The molecule has 144 valence electrons. The zero-order chi connectivity index (χ0) is 21.3. The molecule has 3 N–H and O–H groups in total. The van der Waals surface area contributed by atoms with Gasteiger partial charge in [0.05, 0.1) is 29.3 Å². The zero-order valence-electron chi connectivity index (χ0n) is 17.2. The number of unbranched alkanes of at least 4 members (excludes halogenated alkanes) is 1. The Hall–Kier alpha value is -1.98. The molecular formula is C21H23B4N5. The van der Waals surface area contributed by atoms with Crippen LogP contribution < -0.4 is 27.7 Å². The molecule has 0 spiro atoms. The first-order chi connectivity index (χ1) is 14.5. The Morgan fingerprint density at radius 2 is 1.93 bits per heavy atom. The van der Waals surface area contributed by atoms with Crippen LogP contribution in [0.1, 0.15) is 48.8 Å². The van der Waals surface area contributed by atoms with Crippen molar-refractivity contribution >= 4 is 64.4 Å². The van der Waals surface area contributed by atoms with Crippen LogP contribution in [0.25, 0.3) is 11.0 Å². The number of hydrogen-bond acceptors (Lipinski definition) is 4. The van der Waals surface area contributed by atoms with Crippen molar-refractivity contribution in [3.63, 3.8) is 0 Å². The van der Waals surface area contributed by atoms with E-state index in [1.165, 1.54) is 0 Å². The van der Waals surface area contributed by atoms with Crippen LogP contribution in [0.15, 0.2) is 18.2 Å². The van der Waals surface area contributed by atoms with Gasteiger partial charge in [-0.2, -0.15) is 0 Å². The molecule has 0 saturated heterocycles. The topological polar surface area (TPSA) is 70.8 Å². The first-order valence-electron chi connectivity index (χ1n) is 10.5. The highest BCUT2D eigenvalue weighted by Gasteiger charge is 2.29. The quantitative estimate of drug-likeness (QED) is 0.392. The Balaban J connectivity index is 1.68. The third-order valence-corrected chi connectivity index (χ3v) is 5.95. The fourth-order valence-electron chi connectivity index (χ4n) is 4.38. The summed E-state index contributed by atoms with van der Waals surface area (Å²) in [6, 6.07) is 5.88. The molecule has 1 atom stereocenters. The summed E-state index contributed by atoms with van der Waals surface area (Å²) in [5.41, 5.74) is 11.4. The molecule has 9 heteroatoms. The van der Waals surface area contributed by atoms with Gasteiger partial charge in [0.1, 0.15) is 37.2 Å². The second kappa shape index (κ2) is 9.03. The van der Waals surface area contributed by atoms with Crippen molar-refractivity contribution in [2.45, 2.75) is 44.7 Å². The van der Waals surface area contributed by atoms with Gasteiger partial charge < -0.3 is 10.7 Å². The van der Waals surface area contributed by atoms with Gasteiger partial charge in [0, 0.05) is 0 Å². The highest BCUT2D eigenvalue weighted by Crippen LogP contribution is 2.32. The third-order valence-electron chi connectivity index (χ3n) is 5.95. The van der Waals surface area contributed by atoms with Gasteiger partial charge in [-0.3, -0.25) is 9.88 Å². The molecule has 0 fully saturated rings. The second-order valence-corrected chi connectivity index (χ2v) is 7.99. The molecule has 2 aromatic heterocycles. The lowest BCUT2D eigenvalue weighted by molar-refractivity contribution is 0.160. The SMILES string of the molecule is [B]c1nc2c(c([B])c1[B])CCC[C@@H]2N(CCCCN)Cc1nc2c([B])cccc2[nH]1. The Labute approximate surface area is 183 Å². The molecule has 5 nitrogen and oxygen atoms in total. The fraction of sp³-hybridized carbons (Fsp3) is 0.429. The van der Waals surface area contributed by atoms with Gasteiger partial charge in [0.25, 0.3) is 0 Å². The molecule has 0 aliphatic heterocycles. The summed E-state index contributed by atoms with van der Waals surface area (Å²) in [7, 11) is 24.5. The van der Waals surface area contributed by atoms with Crippen molar-refractivity contribution in [3.8, 4) is 0 Å². The summed E-state index contributed by atoms with van der Waals surface area (Å²) in [5.74, 6) is 0.874. The third kappa shape index (κ3) is 4.10. The Kier molecular flexibility index (Phi) is 6.40. The normalized spacial score (nSPS) is 16.3. The summed E-state index contributed by atoms with van der Waals surface area (Å²) in [6.45, 7) is 2.19. The molecule has 0 saturated carbocycles. The average molecular weight is 389 g/mol. The van der Waals surface area contributed by atoms with Gasteiger partial charge in [0.15, 0.2) is 0 Å². The first-order valence-corrected chi connectivity index (χ1v) is 10.5. The predicted octanol–water partition coefficient (Wildman–Crippen LogP) is -1.25. The standard InChI is InChI=1S/C21H23B4N5/c22-13-6-4-7-14-20(13)28-16(27-14)11-30(10-2-1-9-26)15-8-3-5-12-17(23)18(24)21(25)29-19(12)15/h4,6-7,15H,1-3,5,8-11,26H2,(H,27,28)/t15-/m0/s1. The number of fused-ring (bicyclic) bond motifs is 2. The molecule has 4 rings (SSSR count). The van der Waals surface area contributed by atoms with Crippen LogP contribution in [-0.2, 0) is 13.0 Å². The number of nitrogens with one attached hydrogen (secondary N) is 1. The highest BCUT2D eigenvalue weighted by molar-refractivity contribution is 6.56. The minimum absolute atomic E-state index is 0.0993. The monoisotopic (exact) mass is 389 g/mol. The molecule has 1 aliphatic carbocycles. The van der Waals surface area contributed by atoms with E-state index in [-0.39, 0.29) is 6.04 Å². The molecule has 0 bridgehead atoms. The maximum Gasteiger partial charge on any atom is 0.140 e. The molecule has 1 aliphatic rings. The van der Waals surface area contributed by atoms with Crippen LogP contribution in [0.4, 0.5) is 0 Å². The number of para-hydroxylation sites is 1. The van der Waals surface area contributed by atoms with Crippen LogP contribution in [0, 0.1) is 0 Å². The minimum atomic E-state index is 0.0993. The first kappa shape index (κ1) is 21.3. The fourth-order valence-corrected chi connectivity index (χ4v) is 4.38. The Bertz CT molecular complexity index is 1050. The van der Waals surface area contributed by atoms with E-state index < -0.39 is 0 Å². The van der Waals surface area contributed by atoms with Crippen LogP contribution in [0.2, 0.25) is 0 Å². The van der Waals surface area contributed by atoms with Crippen molar-refractivity contribution < 1.29 is 0 Å². The number of rotatable bonds is 7. The number of nitrogens with zero attached hydrogens (tertiary/aromatic N) is 3. The van der Waals surface area contributed by atoms with Crippen LogP contribution in [-0.4, -0.2) is 64.3 Å². The zero-order valence-corrected chi connectivity index (χ0v) is 17.2. The van der Waals surface area contributed by atoms with E-state index in [1.807, 2.05) is 18.2 Å². The molecular weight excluding hydrogens is 366 g/mol. The van der Waals surface area contributed by atoms with Gasteiger partial charge in [-0.05, 0) is 62.4 Å². The van der Waals surface area contributed by atoms with Crippen molar-refractivity contribution in [1.82, 2.24) is 19.9 Å². The van der Waals surface area contributed by atoms with Gasteiger partial charge in [0.2, 0.25) is 0 Å². The molecule has 1 aromatic carbocycles. The lowest BCUT2D eigenvalue weighted by Gasteiger charge is -2.36. The maximum absolute atomic E-state index is 6.30. The van der Waals surface area contributed by atoms with Crippen LogP contribution in [0.3, 0.4) is 0 Å². The van der Waals surface area contributed by atoms with Crippen LogP contribution in [0.5, 0.6) is 0 Å².